The van der Waals surface area contributed by atoms with Crippen LogP contribution in [-0.2, 0) is 14.2 Å². The summed E-state index contributed by atoms with van der Waals surface area (Å²) in [5.41, 5.74) is 0. The lowest BCUT2D eigenvalue weighted by Crippen LogP contribution is -2.31. The zero-order chi connectivity index (χ0) is 14.4. The predicted octanol–water partition coefficient (Wildman–Crippen LogP) is 0.181. The van der Waals surface area contributed by atoms with Gasteiger partial charge in [0.25, 0.3) is 0 Å². The van der Waals surface area contributed by atoms with Crippen LogP contribution in [0.4, 0.5) is 0 Å². The lowest BCUT2D eigenvalue weighted by molar-refractivity contribution is -0.195. The lowest BCUT2D eigenvalue weighted by Gasteiger charge is -2.24. The summed E-state index contributed by atoms with van der Waals surface area (Å²) in [7, 11) is 0. The Bertz CT molecular complexity index is 274. The molecular weight excluding hydrogens is 264 g/mol. The van der Waals surface area contributed by atoms with Gasteiger partial charge in [-0.2, -0.15) is 0 Å². The third-order valence-electron chi connectivity index (χ3n) is 3.87. The lowest BCUT2D eigenvalue weighted by atomic mass is 10.1. The van der Waals surface area contributed by atoms with Crippen LogP contribution in [0.1, 0.15) is 38.5 Å². The van der Waals surface area contributed by atoms with Gasteiger partial charge in [0.2, 0.25) is 0 Å². The number of hydrogen-bond donors (Lipinski definition) is 3. The van der Waals surface area contributed by atoms with E-state index in [9.17, 15) is 15.3 Å². The van der Waals surface area contributed by atoms with Gasteiger partial charge >= 0.3 is 0 Å². The fourth-order valence-electron chi connectivity index (χ4n) is 2.69. The van der Waals surface area contributed by atoms with Crippen LogP contribution in [0.3, 0.4) is 0 Å². The SMILES string of the molecule is OCC1CCC(O)C[C@@H](OCC2CC(O)CCCO2)O1. The van der Waals surface area contributed by atoms with Crippen LogP contribution in [0.25, 0.3) is 0 Å². The second-order valence-corrected chi connectivity index (χ2v) is 5.69. The van der Waals surface area contributed by atoms with E-state index in [2.05, 4.69) is 0 Å². The van der Waals surface area contributed by atoms with Crippen LogP contribution in [0, 0.1) is 0 Å². The third-order valence-corrected chi connectivity index (χ3v) is 3.87. The van der Waals surface area contributed by atoms with Gasteiger partial charge in [-0.3, -0.25) is 0 Å². The topological polar surface area (TPSA) is 88.4 Å². The number of aliphatic hydroxyl groups is 3. The van der Waals surface area contributed by atoms with E-state index in [0.29, 0.717) is 38.9 Å². The largest absolute Gasteiger partial charge is 0.394 e. The first-order valence-electron chi connectivity index (χ1n) is 7.53. The molecule has 20 heavy (non-hydrogen) atoms. The van der Waals surface area contributed by atoms with Crippen molar-refractivity contribution in [2.45, 2.75) is 69.2 Å². The Balaban J connectivity index is 1.78. The van der Waals surface area contributed by atoms with E-state index >= 15 is 0 Å². The van der Waals surface area contributed by atoms with E-state index in [-0.39, 0.29) is 24.9 Å². The highest BCUT2D eigenvalue weighted by atomic mass is 16.7. The van der Waals surface area contributed by atoms with Crippen molar-refractivity contribution < 1.29 is 29.5 Å². The van der Waals surface area contributed by atoms with Crippen molar-refractivity contribution in [3.8, 4) is 0 Å². The molecule has 0 aromatic heterocycles. The minimum absolute atomic E-state index is 0.0643. The molecule has 0 aliphatic carbocycles. The molecule has 2 saturated heterocycles. The number of rotatable bonds is 4. The summed E-state index contributed by atoms with van der Waals surface area (Å²) in [6.07, 6.45) is 2.12. The van der Waals surface area contributed by atoms with E-state index in [4.69, 9.17) is 14.2 Å². The van der Waals surface area contributed by atoms with Crippen LogP contribution >= 0.6 is 0 Å². The Kier molecular flexibility index (Phi) is 6.67. The molecule has 2 fully saturated rings. The molecule has 5 atom stereocenters. The molecule has 0 saturated carbocycles. The Morgan fingerprint density at radius 3 is 2.60 bits per heavy atom. The van der Waals surface area contributed by atoms with Gasteiger partial charge < -0.3 is 29.5 Å². The minimum atomic E-state index is -0.520. The average molecular weight is 290 g/mol. The van der Waals surface area contributed by atoms with Crippen LogP contribution in [0.2, 0.25) is 0 Å². The van der Waals surface area contributed by atoms with Gasteiger partial charge in [-0.15, -0.1) is 0 Å². The van der Waals surface area contributed by atoms with Crippen molar-refractivity contribution in [3.05, 3.63) is 0 Å². The van der Waals surface area contributed by atoms with Gasteiger partial charge in [0.05, 0.1) is 37.6 Å². The average Bonchev–Trinajstić information content (AvgIpc) is 2.74. The van der Waals surface area contributed by atoms with Crippen molar-refractivity contribution in [2.24, 2.45) is 0 Å². The summed E-state index contributed by atoms with van der Waals surface area (Å²) >= 11 is 0. The first-order chi connectivity index (χ1) is 9.67. The van der Waals surface area contributed by atoms with Crippen LogP contribution < -0.4 is 0 Å². The summed E-state index contributed by atoms with van der Waals surface area (Å²) < 4.78 is 16.9. The first-order valence-corrected chi connectivity index (χ1v) is 7.53. The third kappa shape index (κ3) is 5.27. The minimum Gasteiger partial charge on any atom is -0.394 e. The van der Waals surface area contributed by atoms with E-state index in [1.807, 2.05) is 0 Å². The van der Waals surface area contributed by atoms with Gasteiger partial charge in [0.15, 0.2) is 6.29 Å². The number of hydrogen-bond acceptors (Lipinski definition) is 6. The van der Waals surface area contributed by atoms with Gasteiger partial charge in [-0.05, 0) is 25.7 Å². The van der Waals surface area contributed by atoms with Gasteiger partial charge in [0.1, 0.15) is 0 Å². The first kappa shape index (κ1) is 16.1. The van der Waals surface area contributed by atoms with Gasteiger partial charge in [-0.25, -0.2) is 0 Å². The molecule has 6 nitrogen and oxygen atoms in total. The molecule has 4 unspecified atom stereocenters. The smallest absolute Gasteiger partial charge is 0.160 e. The summed E-state index contributed by atoms with van der Waals surface area (Å²) in [5, 5.41) is 28.7. The quantitative estimate of drug-likeness (QED) is 0.684. The number of aliphatic hydroxyl groups excluding tert-OH is 3. The highest BCUT2D eigenvalue weighted by Crippen LogP contribution is 2.21. The molecule has 2 aliphatic rings. The Hall–Kier alpha value is -0.240. The molecule has 0 amide bonds. The molecule has 2 heterocycles. The van der Waals surface area contributed by atoms with Gasteiger partial charge in [-0.1, -0.05) is 0 Å². The molecular formula is C14H26O6. The Labute approximate surface area is 119 Å². The Morgan fingerprint density at radius 2 is 1.80 bits per heavy atom. The zero-order valence-electron chi connectivity index (χ0n) is 11.8. The van der Waals surface area contributed by atoms with Crippen molar-refractivity contribution in [3.63, 3.8) is 0 Å². The molecule has 0 spiro atoms. The predicted molar refractivity (Wildman–Crippen MR) is 71.2 cm³/mol. The fourth-order valence-corrected chi connectivity index (χ4v) is 2.69. The monoisotopic (exact) mass is 290 g/mol. The second-order valence-electron chi connectivity index (χ2n) is 5.69. The molecule has 0 bridgehead atoms. The number of ether oxygens (including phenoxy) is 3. The standard InChI is InChI=1S/C14H26O6/c15-8-12-4-3-11(17)7-14(20-12)19-9-13-6-10(16)2-1-5-18-13/h10-17H,1-9H2/t10?,11?,12?,13?,14-/m0/s1. The summed E-state index contributed by atoms with van der Waals surface area (Å²) in [5.74, 6) is 0. The normalized spacial score (nSPS) is 40.0. The maximum atomic E-state index is 9.78. The zero-order valence-corrected chi connectivity index (χ0v) is 11.8. The summed E-state index contributed by atoms with van der Waals surface area (Å²) in [6, 6.07) is 0. The highest BCUT2D eigenvalue weighted by Gasteiger charge is 2.27. The molecule has 2 rings (SSSR count). The van der Waals surface area contributed by atoms with Crippen LogP contribution in [0.5, 0.6) is 0 Å². The van der Waals surface area contributed by atoms with E-state index in [0.717, 1.165) is 12.8 Å². The summed E-state index contributed by atoms with van der Waals surface area (Å²) in [4.78, 5) is 0. The molecule has 0 radical (unpaired) electrons. The van der Waals surface area contributed by atoms with Crippen LogP contribution in [0.15, 0.2) is 0 Å². The van der Waals surface area contributed by atoms with Crippen LogP contribution in [-0.4, -0.2) is 65.8 Å². The molecule has 0 aromatic carbocycles. The maximum Gasteiger partial charge on any atom is 0.160 e. The summed E-state index contributed by atoms with van der Waals surface area (Å²) in [6.45, 7) is 0.913. The van der Waals surface area contributed by atoms with E-state index in [1.54, 1.807) is 0 Å². The Morgan fingerprint density at radius 1 is 1.00 bits per heavy atom. The molecule has 6 heteroatoms. The van der Waals surface area contributed by atoms with Crippen molar-refractivity contribution in [2.75, 3.05) is 19.8 Å². The molecule has 2 aliphatic heterocycles. The fraction of sp³-hybridized carbons (Fsp3) is 1.00. The second kappa shape index (κ2) is 8.26. The van der Waals surface area contributed by atoms with Crippen molar-refractivity contribution in [1.29, 1.82) is 0 Å². The van der Waals surface area contributed by atoms with E-state index in [1.165, 1.54) is 0 Å². The van der Waals surface area contributed by atoms with Crippen molar-refractivity contribution in [1.82, 2.24) is 0 Å². The molecule has 0 aromatic rings. The van der Waals surface area contributed by atoms with E-state index < -0.39 is 12.4 Å². The molecule has 118 valence electrons. The van der Waals surface area contributed by atoms with Crippen molar-refractivity contribution >= 4 is 0 Å². The maximum absolute atomic E-state index is 9.78. The highest BCUT2D eigenvalue weighted by molar-refractivity contribution is 4.72. The molecule has 3 N–H and O–H groups in total. The van der Waals surface area contributed by atoms with Gasteiger partial charge in [0, 0.05) is 19.4 Å².